The zero-order valence-corrected chi connectivity index (χ0v) is 9.56. The molecule has 1 aromatic carbocycles. The maximum Gasteiger partial charge on any atom is 0.249 e. The highest BCUT2D eigenvalue weighted by Crippen LogP contribution is 2.19. The van der Waals surface area contributed by atoms with Crippen molar-refractivity contribution in [2.75, 3.05) is 0 Å². The summed E-state index contributed by atoms with van der Waals surface area (Å²) in [7, 11) is 0. The molecule has 0 bridgehead atoms. The van der Waals surface area contributed by atoms with Crippen LogP contribution < -0.4 is 5.43 Å². The van der Waals surface area contributed by atoms with E-state index in [1.54, 1.807) is 12.1 Å². The molecule has 0 fully saturated rings. The Balaban J connectivity index is 2.61. The van der Waals surface area contributed by atoms with E-state index in [0.29, 0.717) is 11.0 Å². The van der Waals surface area contributed by atoms with Gasteiger partial charge >= 0.3 is 0 Å². The maximum absolute atomic E-state index is 12.1. The molecule has 0 radical (unpaired) electrons. The highest BCUT2D eigenvalue weighted by atomic mass is 79.9. The Morgan fingerprint density at radius 1 is 1.19 bits per heavy atom. The van der Waals surface area contributed by atoms with Gasteiger partial charge in [0.05, 0.1) is 5.39 Å². The van der Waals surface area contributed by atoms with Crippen molar-refractivity contribution in [1.29, 1.82) is 0 Å². The summed E-state index contributed by atoms with van der Waals surface area (Å²) in [5, 5.41) is 0.502. The van der Waals surface area contributed by atoms with Crippen LogP contribution in [0.25, 0.3) is 22.2 Å². The van der Waals surface area contributed by atoms with Gasteiger partial charge in [-0.3, -0.25) is 4.79 Å². The lowest BCUT2D eigenvalue weighted by atomic mass is 10.2. The smallest absolute Gasteiger partial charge is 0.249 e. The van der Waals surface area contributed by atoms with Crippen LogP contribution in [0.3, 0.4) is 0 Å². The molecule has 3 rings (SSSR count). The predicted molar refractivity (Wildman–Crippen MR) is 63.3 cm³/mol. The zero-order chi connectivity index (χ0) is 11.1. The average molecular weight is 277 g/mol. The number of rotatable bonds is 0. The van der Waals surface area contributed by atoms with Gasteiger partial charge in [-0.15, -0.1) is 0 Å². The SMILES string of the molecule is O=c1c2cc(Br)ccc2oc2nccnc12. The summed E-state index contributed by atoms with van der Waals surface area (Å²) in [5.41, 5.74) is 0.877. The van der Waals surface area contributed by atoms with Gasteiger partial charge in [-0.2, -0.15) is 0 Å². The summed E-state index contributed by atoms with van der Waals surface area (Å²) in [5.74, 6) is 0. The molecule has 0 saturated heterocycles. The van der Waals surface area contributed by atoms with E-state index >= 15 is 0 Å². The third-order valence-electron chi connectivity index (χ3n) is 2.27. The maximum atomic E-state index is 12.1. The third-order valence-corrected chi connectivity index (χ3v) is 2.77. The fraction of sp³-hybridized carbons (Fsp3) is 0. The largest absolute Gasteiger partial charge is 0.436 e. The van der Waals surface area contributed by atoms with Gasteiger partial charge in [-0.05, 0) is 18.2 Å². The van der Waals surface area contributed by atoms with Crippen LogP contribution >= 0.6 is 15.9 Å². The van der Waals surface area contributed by atoms with Crippen LogP contribution in [0, 0.1) is 0 Å². The van der Waals surface area contributed by atoms with Crippen LogP contribution in [0.15, 0.2) is 44.3 Å². The van der Waals surface area contributed by atoms with Crippen molar-refractivity contribution in [1.82, 2.24) is 9.97 Å². The van der Waals surface area contributed by atoms with Crippen molar-refractivity contribution in [3.63, 3.8) is 0 Å². The van der Waals surface area contributed by atoms with Gasteiger partial charge in [-0.25, -0.2) is 9.97 Å². The van der Waals surface area contributed by atoms with Gasteiger partial charge in [0.25, 0.3) is 0 Å². The van der Waals surface area contributed by atoms with E-state index in [1.807, 2.05) is 6.07 Å². The molecular formula is C11H5BrN2O2. The summed E-state index contributed by atoms with van der Waals surface area (Å²) < 4.78 is 6.32. The number of hydrogen-bond acceptors (Lipinski definition) is 4. The van der Waals surface area contributed by atoms with E-state index in [9.17, 15) is 4.79 Å². The standard InChI is InChI=1S/C11H5BrN2O2/c12-6-1-2-8-7(5-6)10(15)9-11(16-8)14-4-3-13-9/h1-5H. The van der Waals surface area contributed by atoms with Crippen LogP contribution in [0.4, 0.5) is 0 Å². The number of benzene rings is 1. The van der Waals surface area contributed by atoms with Crippen molar-refractivity contribution in [2.45, 2.75) is 0 Å². The molecule has 2 heterocycles. The van der Waals surface area contributed by atoms with E-state index in [1.165, 1.54) is 12.4 Å². The van der Waals surface area contributed by atoms with E-state index in [2.05, 4.69) is 25.9 Å². The van der Waals surface area contributed by atoms with Crippen molar-refractivity contribution in [3.05, 3.63) is 45.3 Å². The van der Waals surface area contributed by atoms with Crippen LogP contribution in [-0.4, -0.2) is 9.97 Å². The first-order chi connectivity index (χ1) is 7.75. The van der Waals surface area contributed by atoms with E-state index < -0.39 is 0 Å². The Kier molecular flexibility index (Phi) is 2.00. The monoisotopic (exact) mass is 276 g/mol. The van der Waals surface area contributed by atoms with Crippen LogP contribution in [0.2, 0.25) is 0 Å². The Morgan fingerprint density at radius 3 is 2.88 bits per heavy atom. The molecule has 3 aromatic rings. The Bertz CT molecular complexity index is 752. The van der Waals surface area contributed by atoms with Gasteiger partial charge in [0.2, 0.25) is 11.1 Å². The molecule has 0 aliphatic carbocycles. The highest BCUT2D eigenvalue weighted by molar-refractivity contribution is 9.10. The molecule has 2 aromatic heterocycles. The van der Waals surface area contributed by atoms with Crippen molar-refractivity contribution in [3.8, 4) is 0 Å². The minimum atomic E-state index is -0.161. The van der Waals surface area contributed by atoms with Crippen molar-refractivity contribution >= 4 is 38.1 Å². The fourth-order valence-corrected chi connectivity index (χ4v) is 1.92. The minimum absolute atomic E-state index is 0.161. The molecule has 78 valence electrons. The fourth-order valence-electron chi connectivity index (χ4n) is 1.56. The minimum Gasteiger partial charge on any atom is -0.436 e. The second-order valence-electron chi connectivity index (χ2n) is 3.28. The Hall–Kier alpha value is -1.75. The number of nitrogens with zero attached hydrogens (tertiary/aromatic N) is 2. The summed E-state index contributed by atoms with van der Waals surface area (Å²) in [6, 6.07) is 5.26. The van der Waals surface area contributed by atoms with Gasteiger partial charge in [0.15, 0.2) is 5.52 Å². The summed E-state index contributed by atoms with van der Waals surface area (Å²) in [6.45, 7) is 0. The number of fused-ring (bicyclic) bond motifs is 2. The number of halogens is 1. The van der Waals surface area contributed by atoms with Crippen molar-refractivity contribution < 1.29 is 4.42 Å². The van der Waals surface area contributed by atoms with Gasteiger partial charge in [0.1, 0.15) is 5.58 Å². The average Bonchev–Trinajstić information content (AvgIpc) is 2.31. The molecule has 0 saturated carbocycles. The quantitative estimate of drug-likeness (QED) is 0.592. The topological polar surface area (TPSA) is 56.0 Å². The lowest BCUT2D eigenvalue weighted by Gasteiger charge is -1.99. The first-order valence-electron chi connectivity index (χ1n) is 4.59. The normalized spacial score (nSPS) is 11.1. The molecular weight excluding hydrogens is 272 g/mol. The number of hydrogen-bond donors (Lipinski definition) is 0. The molecule has 16 heavy (non-hydrogen) atoms. The Morgan fingerprint density at radius 2 is 2.00 bits per heavy atom. The van der Waals surface area contributed by atoms with Gasteiger partial charge in [0, 0.05) is 16.9 Å². The lowest BCUT2D eigenvalue weighted by molar-refractivity contribution is 0.642. The molecule has 5 heteroatoms. The molecule has 0 amide bonds. The second-order valence-corrected chi connectivity index (χ2v) is 4.20. The van der Waals surface area contributed by atoms with Gasteiger partial charge in [-0.1, -0.05) is 15.9 Å². The Labute approximate surface area is 98.1 Å². The second kappa shape index (κ2) is 3.38. The summed E-state index contributed by atoms with van der Waals surface area (Å²) in [4.78, 5) is 20.0. The number of aromatic nitrogens is 2. The summed E-state index contributed by atoms with van der Waals surface area (Å²) in [6.07, 6.45) is 2.97. The predicted octanol–water partition coefficient (Wildman–Crippen LogP) is 2.50. The lowest BCUT2D eigenvalue weighted by Crippen LogP contribution is -2.04. The van der Waals surface area contributed by atoms with Crippen molar-refractivity contribution in [2.24, 2.45) is 0 Å². The van der Waals surface area contributed by atoms with Crippen LogP contribution in [0.1, 0.15) is 0 Å². The molecule has 0 N–H and O–H groups in total. The van der Waals surface area contributed by atoms with Crippen LogP contribution in [0.5, 0.6) is 0 Å². The zero-order valence-electron chi connectivity index (χ0n) is 7.98. The van der Waals surface area contributed by atoms with E-state index in [-0.39, 0.29) is 16.7 Å². The van der Waals surface area contributed by atoms with E-state index in [0.717, 1.165) is 4.47 Å². The molecule has 0 aliphatic rings. The molecule has 4 nitrogen and oxygen atoms in total. The van der Waals surface area contributed by atoms with Crippen LogP contribution in [-0.2, 0) is 0 Å². The third kappa shape index (κ3) is 1.32. The highest BCUT2D eigenvalue weighted by Gasteiger charge is 2.08. The first-order valence-corrected chi connectivity index (χ1v) is 5.38. The molecule has 0 atom stereocenters. The molecule has 0 aliphatic heterocycles. The molecule has 0 spiro atoms. The summed E-state index contributed by atoms with van der Waals surface area (Å²) >= 11 is 3.31. The molecule has 0 unspecified atom stereocenters. The first kappa shape index (κ1) is 9.47. The van der Waals surface area contributed by atoms with E-state index in [4.69, 9.17) is 4.42 Å². The van der Waals surface area contributed by atoms with Gasteiger partial charge < -0.3 is 4.42 Å².